The fraction of sp³-hybridized carbons (Fsp3) is 0.417. The van der Waals surface area contributed by atoms with Gasteiger partial charge in [-0.25, -0.2) is 0 Å². The van der Waals surface area contributed by atoms with Crippen LogP contribution in [0.2, 0.25) is 5.02 Å². The fourth-order valence-electron chi connectivity index (χ4n) is 1.50. The van der Waals surface area contributed by atoms with Gasteiger partial charge in [-0.15, -0.1) is 0 Å². The van der Waals surface area contributed by atoms with Crippen LogP contribution in [0.15, 0.2) is 12.1 Å². The maximum atomic E-state index is 11.0. The molecule has 0 saturated carbocycles. The zero-order valence-electron chi connectivity index (χ0n) is 9.67. The molecular formula is C12H15ClO3. The number of rotatable bonds is 5. The van der Waals surface area contributed by atoms with Crippen LogP contribution in [0.3, 0.4) is 0 Å². The topological polar surface area (TPSA) is 35.5 Å². The highest BCUT2D eigenvalue weighted by Gasteiger charge is 2.12. The first-order chi connectivity index (χ1) is 7.58. The summed E-state index contributed by atoms with van der Waals surface area (Å²) >= 11 is 5.95. The lowest BCUT2D eigenvalue weighted by molar-refractivity contribution is -0.116. The van der Waals surface area contributed by atoms with Crippen LogP contribution in [0.1, 0.15) is 18.9 Å². The van der Waals surface area contributed by atoms with Crippen LogP contribution >= 0.6 is 11.6 Å². The highest BCUT2D eigenvalue weighted by atomic mass is 35.5. The lowest BCUT2D eigenvalue weighted by Gasteiger charge is -2.12. The molecule has 0 saturated heterocycles. The minimum Gasteiger partial charge on any atom is -0.493 e. The van der Waals surface area contributed by atoms with Gasteiger partial charge in [-0.05, 0) is 25.0 Å². The van der Waals surface area contributed by atoms with Gasteiger partial charge in [-0.3, -0.25) is 0 Å². The van der Waals surface area contributed by atoms with E-state index in [4.69, 9.17) is 21.1 Å². The minimum atomic E-state index is 0.140. The van der Waals surface area contributed by atoms with Gasteiger partial charge in [0.25, 0.3) is 0 Å². The second-order valence-electron chi connectivity index (χ2n) is 3.50. The summed E-state index contributed by atoms with van der Waals surface area (Å²) in [6.45, 7) is 1.56. The van der Waals surface area contributed by atoms with Crippen LogP contribution in [0, 0.1) is 0 Å². The van der Waals surface area contributed by atoms with Crippen LogP contribution in [-0.2, 0) is 11.2 Å². The molecular weight excluding hydrogens is 228 g/mol. The summed E-state index contributed by atoms with van der Waals surface area (Å²) in [5.74, 6) is 1.38. The summed E-state index contributed by atoms with van der Waals surface area (Å²) in [5.41, 5.74) is 0.891. The number of hydrogen-bond acceptors (Lipinski definition) is 3. The van der Waals surface area contributed by atoms with Crippen molar-refractivity contribution in [2.75, 3.05) is 14.2 Å². The second kappa shape index (κ2) is 5.75. The Bertz CT molecular complexity index is 388. The van der Waals surface area contributed by atoms with Crippen molar-refractivity contribution in [3.8, 4) is 11.5 Å². The first kappa shape index (κ1) is 12.8. The van der Waals surface area contributed by atoms with Crippen LogP contribution in [0.5, 0.6) is 11.5 Å². The number of ether oxygens (including phenoxy) is 2. The molecule has 0 N–H and O–H groups in total. The third kappa shape index (κ3) is 3.14. The number of halogens is 1. The smallest absolute Gasteiger partial charge is 0.164 e. The van der Waals surface area contributed by atoms with Crippen molar-refractivity contribution < 1.29 is 14.3 Å². The molecule has 0 unspecified atom stereocenters. The van der Waals surface area contributed by atoms with E-state index in [-0.39, 0.29) is 5.78 Å². The Kier molecular flexibility index (Phi) is 4.62. The molecule has 0 aromatic heterocycles. The van der Waals surface area contributed by atoms with Crippen molar-refractivity contribution in [3.63, 3.8) is 0 Å². The molecule has 0 spiro atoms. The van der Waals surface area contributed by atoms with E-state index in [0.29, 0.717) is 29.4 Å². The normalized spacial score (nSPS) is 10.0. The largest absolute Gasteiger partial charge is 0.493 e. The van der Waals surface area contributed by atoms with Gasteiger partial charge in [0, 0.05) is 17.5 Å². The van der Waals surface area contributed by atoms with Crippen molar-refractivity contribution in [2.45, 2.75) is 19.8 Å². The van der Waals surface area contributed by atoms with Gasteiger partial charge in [0.05, 0.1) is 14.2 Å². The quantitative estimate of drug-likeness (QED) is 0.797. The summed E-state index contributed by atoms with van der Waals surface area (Å²) in [6, 6.07) is 3.49. The standard InChI is InChI=1S/C12H15ClO3/c1-8(14)4-5-9-6-10(13)7-11(15-2)12(9)16-3/h6-7H,4-5H2,1-3H3. The lowest BCUT2D eigenvalue weighted by atomic mass is 10.1. The van der Waals surface area contributed by atoms with E-state index in [1.165, 1.54) is 0 Å². The Morgan fingerprint density at radius 2 is 2.00 bits per heavy atom. The highest BCUT2D eigenvalue weighted by molar-refractivity contribution is 6.30. The Hall–Kier alpha value is -1.22. The highest BCUT2D eigenvalue weighted by Crippen LogP contribution is 2.35. The molecule has 16 heavy (non-hydrogen) atoms. The summed E-state index contributed by atoms with van der Waals surface area (Å²) in [4.78, 5) is 11.0. The van der Waals surface area contributed by atoms with Crippen LogP contribution in [-0.4, -0.2) is 20.0 Å². The lowest BCUT2D eigenvalue weighted by Crippen LogP contribution is -1.99. The molecule has 0 bridgehead atoms. The van der Waals surface area contributed by atoms with E-state index in [0.717, 1.165) is 5.56 Å². The predicted molar refractivity (Wildman–Crippen MR) is 63.6 cm³/mol. The summed E-state index contributed by atoms with van der Waals surface area (Å²) in [5, 5.41) is 0.580. The van der Waals surface area contributed by atoms with Crippen LogP contribution < -0.4 is 9.47 Å². The SMILES string of the molecule is COc1cc(Cl)cc(CCC(C)=O)c1OC. The average molecular weight is 243 g/mol. The Morgan fingerprint density at radius 1 is 1.31 bits per heavy atom. The van der Waals surface area contributed by atoms with Gasteiger partial charge in [-0.2, -0.15) is 0 Å². The van der Waals surface area contributed by atoms with Crippen molar-refractivity contribution >= 4 is 17.4 Å². The molecule has 88 valence electrons. The molecule has 0 aliphatic carbocycles. The fourth-order valence-corrected chi connectivity index (χ4v) is 1.73. The zero-order valence-corrected chi connectivity index (χ0v) is 10.4. The molecule has 3 nitrogen and oxygen atoms in total. The van der Waals surface area contributed by atoms with Crippen LogP contribution in [0.4, 0.5) is 0 Å². The molecule has 1 aromatic carbocycles. The van der Waals surface area contributed by atoms with Gasteiger partial charge >= 0.3 is 0 Å². The van der Waals surface area contributed by atoms with E-state index in [1.54, 1.807) is 33.3 Å². The van der Waals surface area contributed by atoms with Gasteiger partial charge in [0.15, 0.2) is 11.5 Å². The number of carbonyl (C=O) groups excluding carboxylic acids is 1. The van der Waals surface area contributed by atoms with E-state index in [2.05, 4.69) is 0 Å². The number of hydrogen-bond donors (Lipinski definition) is 0. The van der Waals surface area contributed by atoms with Crippen molar-refractivity contribution in [2.24, 2.45) is 0 Å². The maximum Gasteiger partial charge on any atom is 0.164 e. The maximum absolute atomic E-state index is 11.0. The van der Waals surface area contributed by atoms with Crippen LogP contribution in [0.25, 0.3) is 0 Å². The first-order valence-electron chi connectivity index (χ1n) is 4.98. The zero-order chi connectivity index (χ0) is 12.1. The molecule has 1 aromatic rings. The summed E-state index contributed by atoms with van der Waals surface area (Å²) in [6.07, 6.45) is 1.08. The van der Waals surface area contributed by atoms with Gasteiger partial charge in [-0.1, -0.05) is 11.6 Å². The molecule has 0 fully saturated rings. The summed E-state index contributed by atoms with van der Waals surface area (Å²) in [7, 11) is 3.13. The monoisotopic (exact) mass is 242 g/mol. The summed E-state index contributed by atoms with van der Waals surface area (Å²) < 4.78 is 10.4. The Morgan fingerprint density at radius 3 is 2.50 bits per heavy atom. The Balaban J connectivity index is 3.04. The molecule has 4 heteroatoms. The molecule has 0 atom stereocenters. The number of benzene rings is 1. The average Bonchev–Trinajstić information content (AvgIpc) is 2.25. The van der Waals surface area contributed by atoms with Crippen molar-refractivity contribution in [1.82, 2.24) is 0 Å². The number of Topliss-reactive ketones (excluding diaryl/α,β-unsaturated/α-hetero) is 1. The molecule has 0 radical (unpaired) electrons. The third-order valence-electron chi connectivity index (χ3n) is 2.27. The van der Waals surface area contributed by atoms with E-state index in [1.807, 2.05) is 0 Å². The number of carbonyl (C=O) groups is 1. The van der Waals surface area contributed by atoms with E-state index < -0.39 is 0 Å². The molecule has 0 aliphatic heterocycles. The molecule has 0 amide bonds. The van der Waals surface area contributed by atoms with E-state index in [9.17, 15) is 4.79 Å². The van der Waals surface area contributed by atoms with E-state index >= 15 is 0 Å². The minimum absolute atomic E-state index is 0.140. The van der Waals surface area contributed by atoms with Gasteiger partial charge in [0.2, 0.25) is 0 Å². The molecule has 1 rings (SSSR count). The second-order valence-corrected chi connectivity index (χ2v) is 3.94. The molecule has 0 heterocycles. The van der Waals surface area contributed by atoms with Gasteiger partial charge in [0.1, 0.15) is 5.78 Å². The predicted octanol–water partition coefficient (Wildman–Crippen LogP) is 2.88. The number of aryl methyl sites for hydroxylation is 1. The Labute approximate surface area is 100 Å². The third-order valence-corrected chi connectivity index (χ3v) is 2.49. The number of methoxy groups -OCH3 is 2. The van der Waals surface area contributed by atoms with Gasteiger partial charge < -0.3 is 14.3 Å². The molecule has 0 aliphatic rings. The van der Waals surface area contributed by atoms with Crippen molar-refractivity contribution in [3.05, 3.63) is 22.7 Å². The van der Waals surface area contributed by atoms with Crippen molar-refractivity contribution in [1.29, 1.82) is 0 Å². The first-order valence-corrected chi connectivity index (χ1v) is 5.36. The number of ketones is 1.